The summed E-state index contributed by atoms with van der Waals surface area (Å²) in [7, 11) is 0. The molecule has 0 fully saturated rings. The molecule has 2 aromatic carbocycles. The number of ether oxygens (including phenoxy) is 1. The fourth-order valence-electron chi connectivity index (χ4n) is 2.93. The van der Waals surface area contributed by atoms with E-state index in [1.807, 2.05) is 56.1 Å². The maximum atomic E-state index is 12.3. The fourth-order valence-corrected chi connectivity index (χ4v) is 2.93. The fraction of sp³-hybridized carbons (Fsp3) is 0.318. The van der Waals surface area contributed by atoms with E-state index in [-0.39, 0.29) is 0 Å². The van der Waals surface area contributed by atoms with Gasteiger partial charge in [-0.3, -0.25) is 25.4 Å². The van der Waals surface area contributed by atoms with Crippen LogP contribution >= 0.6 is 0 Å². The van der Waals surface area contributed by atoms with Gasteiger partial charge in [-0.2, -0.15) is 5.10 Å². The minimum absolute atomic E-state index is 0.398. The van der Waals surface area contributed by atoms with Crippen molar-refractivity contribution < 1.29 is 14.3 Å². The molecule has 0 saturated heterocycles. The Morgan fingerprint density at radius 2 is 1.79 bits per heavy atom. The lowest BCUT2D eigenvalue weighted by atomic mass is 10.1. The summed E-state index contributed by atoms with van der Waals surface area (Å²) in [5.41, 5.74) is 9.37. The number of hydrogen-bond acceptors (Lipinski definition) is 5. The Morgan fingerprint density at radius 1 is 1.07 bits per heavy atom. The van der Waals surface area contributed by atoms with Crippen LogP contribution in [0.15, 0.2) is 47.6 Å². The number of carbonyl (C=O) groups is 2. The van der Waals surface area contributed by atoms with Crippen molar-refractivity contribution in [2.45, 2.75) is 40.2 Å². The van der Waals surface area contributed by atoms with E-state index in [0.29, 0.717) is 11.3 Å². The molecule has 1 aliphatic heterocycles. The summed E-state index contributed by atoms with van der Waals surface area (Å²) in [6.07, 6.45) is 0.186. The summed E-state index contributed by atoms with van der Waals surface area (Å²) >= 11 is 0. The van der Waals surface area contributed by atoms with Crippen LogP contribution in [0.5, 0.6) is 5.75 Å². The number of nitrogens with zero attached hydrogens (tertiary/aromatic N) is 2. The minimum atomic E-state index is -0.755. The van der Waals surface area contributed by atoms with E-state index >= 15 is 0 Å². The van der Waals surface area contributed by atoms with Gasteiger partial charge in [0.25, 0.3) is 11.8 Å². The van der Waals surface area contributed by atoms with Gasteiger partial charge < -0.3 is 4.74 Å². The molecule has 0 spiro atoms. The van der Waals surface area contributed by atoms with E-state index in [4.69, 9.17) is 4.74 Å². The van der Waals surface area contributed by atoms with Gasteiger partial charge in [-0.15, -0.1) is 0 Å². The first kappa shape index (κ1) is 20.4. The lowest BCUT2D eigenvalue weighted by Crippen LogP contribution is -2.47. The Hall–Kier alpha value is -3.35. The van der Waals surface area contributed by atoms with Crippen LogP contribution in [0.1, 0.15) is 41.8 Å². The number of hydrazone groups is 1. The molecule has 7 nitrogen and oxygen atoms in total. The van der Waals surface area contributed by atoms with Crippen LogP contribution in [0, 0.1) is 13.8 Å². The van der Waals surface area contributed by atoms with Crippen molar-refractivity contribution in [1.82, 2.24) is 10.9 Å². The molecule has 7 heteroatoms. The minimum Gasteiger partial charge on any atom is -0.481 e. The van der Waals surface area contributed by atoms with Crippen molar-refractivity contribution in [2.24, 2.45) is 5.10 Å². The molecule has 2 N–H and O–H groups in total. The third kappa shape index (κ3) is 4.93. The number of carbonyl (C=O) groups excluding carboxylic acids is 2. The Morgan fingerprint density at radius 3 is 2.45 bits per heavy atom. The largest absolute Gasteiger partial charge is 0.481 e. The first-order chi connectivity index (χ1) is 13.8. The second-order valence-corrected chi connectivity index (χ2v) is 7.16. The van der Waals surface area contributed by atoms with Gasteiger partial charge in [0.05, 0.1) is 5.69 Å². The molecule has 3 rings (SSSR count). The molecule has 2 aromatic rings. The van der Waals surface area contributed by atoms with E-state index in [1.54, 1.807) is 19.1 Å². The first-order valence-electron chi connectivity index (χ1n) is 9.60. The molecule has 0 radical (unpaired) electrons. The van der Waals surface area contributed by atoms with Crippen molar-refractivity contribution in [3.63, 3.8) is 0 Å². The van der Waals surface area contributed by atoms with Gasteiger partial charge in [0, 0.05) is 24.2 Å². The van der Waals surface area contributed by atoms with Crippen molar-refractivity contribution in [3.05, 3.63) is 59.2 Å². The van der Waals surface area contributed by atoms with Crippen LogP contribution in [-0.2, 0) is 4.79 Å². The average Bonchev–Trinajstić information content (AvgIpc) is 3.15. The zero-order valence-electron chi connectivity index (χ0n) is 17.2. The van der Waals surface area contributed by atoms with Gasteiger partial charge >= 0.3 is 0 Å². The number of benzene rings is 2. The van der Waals surface area contributed by atoms with Gasteiger partial charge in [-0.25, -0.2) is 0 Å². The molecule has 0 aromatic heterocycles. The topological polar surface area (TPSA) is 83.0 Å². The highest BCUT2D eigenvalue weighted by Gasteiger charge is 2.18. The predicted octanol–water partition coefficient (Wildman–Crippen LogP) is 3.12. The van der Waals surface area contributed by atoms with Crippen molar-refractivity contribution in [3.8, 4) is 5.75 Å². The molecule has 1 aliphatic rings. The average molecular weight is 394 g/mol. The zero-order chi connectivity index (χ0) is 21.0. The Kier molecular flexibility index (Phi) is 6.16. The second kappa shape index (κ2) is 8.77. The summed E-state index contributed by atoms with van der Waals surface area (Å²) in [5, 5.41) is 6.34. The van der Waals surface area contributed by atoms with Crippen molar-refractivity contribution >= 4 is 23.2 Å². The number of aryl methyl sites for hydroxylation is 1. The van der Waals surface area contributed by atoms with E-state index in [1.165, 1.54) is 0 Å². The monoisotopic (exact) mass is 394 g/mol. The van der Waals surface area contributed by atoms with Gasteiger partial charge in [0.1, 0.15) is 5.75 Å². The maximum Gasteiger partial charge on any atom is 0.279 e. The van der Waals surface area contributed by atoms with E-state index in [9.17, 15) is 9.59 Å². The molecule has 29 heavy (non-hydrogen) atoms. The molecule has 0 bridgehead atoms. The van der Waals surface area contributed by atoms with Crippen LogP contribution in [-0.4, -0.2) is 30.2 Å². The third-order valence-electron chi connectivity index (χ3n) is 4.93. The number of amides is 2. The SMILES string of the molecule is CC1=NN(c2ccc(C(=O)NNC(=O)C(C)Oc3cccc(C)c3C)cc2)CC1. The first-order valence-corrected chi connectivity index (χ1v) is 9.60. The molecular formula is C22H26N4O3. The summed E-state index contributed by atoms with van der Waals surface area (Å²) in [6, 6.07) is 12.8. The molecule has 0 aliphatic carbocycles. The van der Waals surface area contributed by atoms with E-state index in [0.717, 1.165) is 35.5 Å². The van der Waals surface area contributed by atoms with Crippen molar-refractivity contribution in [2.75, 3.05) is 11.6 Å². The molecular weight excluding hydrogens is 368 g/mol. The van der Waals surface area contributed by atoms with Gasteiger partial charge in [-0.05, 0) is 69.2 Å². The Balaban J connectivity index is 1.53. The summed E-state index contributed by atoms with van der Waals surface area (Å²) in [5.74, 6) is -0.183. The van der Waals surface area contributed by atoms with Gasteiger partial charge in [-0.1, -0.05) is 12.1 Å². The Bertz CT molecular complexity index is 938. The van der Waals surface area contributed by atoms with E-state index in [2.05, 4.69) is 16.0 Å². The number of anilines is 1. The molecule has 1 unspecified atom stereocenters. The van der Waals surface area contributed by atoms with Crippen LogP contribution < -0.4 is 20.6 Å². The molecule has 152 valence electrons. The highest BCUT2D eigenvalue weighted by Crippen LogP contribution is 2.22. The lowest BCUT2D eigenvalue weighted by Gasteiger charge is -2.17. The lowest BCUT2D eigenvalue weighted by molar-refractivity contribution is -0.128. The number of hydrogen-bond donors (Lipinski definition) is 2. The standard InChI is InChI=1S/C22H26N4O3/c1-14-6-5-7-20(16(14)3)29-17(4)21(27)23-24-22(28)18-8-10-19(11-9-18)26-13-12-15(2)25-26/h5-11,17H,12-13H2,1-4H3,(H,23,27)(H,24,28). The quantitative estimate of drug-likeness (QED) is 0.764. The number of hydrazine groups is 1. The smallest absolute Gasteiger partial charge is 0.279 e. The van der Waals surface area contributed by atoms with Crippen LogP contribution in [0.4, 0.5) is 5.69 Å². The third-order valence-corrected chi connectivity index (χ3v) is 4.93. The van der Waals surface area contributed by atoms with Gasteiger partial charge in [0.2, 0.25) is 0 Å². The highest BCUT2D eigenvalue weighted by atomic mass is 16.5. The molecule has 1 heterocycles. The second-order valence-electron chi connectivity index (χ2n) is 7.16. The predicted molar refractivity (Wildman–Crippen MR) is 113 cm³/mol. The number of rotatable bonds is 5. The normalized spacial score (nSPS) is 14.2. The molecule has 1 atom stereocenters. The van der Waals surface area contributed by atoms with E-state index < -0.39 is 17.9 Å². The van der Waals surface area contributed by atoms with Crippen LogP contribution in [0.25, 0.3) is 0 Å². The van der Waals surface area contributed by atoms with Crippen LogP contribution in [0.3, 0.4) is 0 Å². The summed E-state index contributed by atoms with van der Waals surface area (Å²) in [4.78, 5) is 24.6. The number of nitrogens with one attached hydrogen (secondary N) is 2. The zero-order valence-corrected chi connectivity index (χ0v) is 17.2. The Labute approximate surface area is 170 Å². The molecule has 2 amide bonds. The van der Waals surface area contributed by atoms with Gasteiger partial charge in [0.15, 0.2) is 6.10 Å². The summed E-state index contributed by atoms with van der Waals surface area (Å²) in [6.45, 7) is 8.39. The summed E-state index contributed by atoms with van der Waals surface area (Å²) < 4.78 is 5.73. The maximum absolute atomic E-state index is 12.3. The highest BCUT2D eigenvalue weighted by molar-refractivity contribution is 5.96. The molecule has 0 saturated carbocycles. The van der Waals surface area contributed by atoms with Crippen LogP contribution in [0.2, 0.25) is 0 Å². The van der Waals surface area contributed by atoms with Crippen molar-refractivity contribution in [1.29, 1.82) is 0 Å².